The third-order valence-electron chi connectivity index (χ3n) is 4.86. The number of nitrogens with zero attached hydrogens (tertiary/aromatic N) is 2. The number of rotatable bonds is 5. The van der Waals surface area contributed by atoms with Crippen molar-refractivity contribution in [2.45, 2.75) is 32.6 Å². The van der Waals surface area contributed by atoms with Gasteiger partial charge in [0.15, 0.2) is 6.30 Å². The third kappa shape index (κ3) is 5.02. The van der Waals surface area contributed by atoms with E-state index in [1.54, 1.807) is 11.1 Å². The molecule has 1 atom stereocenters. The Balaban J connectivity index is 1.49. The van der Waals surface area contributed by atoms with E-state index < -0.39 is 12.1 Å². The van der Waals surface area contributed by atoms with Crippen molar-refractivity contribution in [2.24, 2.45) is 5.92 Å². The van der Waals surface area contributed by atoms with Gasteiger partial charge < -0.3 is 4.90 Å². The van der Waals surface area contributed by atoms with Crippen molar-refractivity contribution in [1.82, 2.24) is 15.2 Å². The number of carbonyl (C=O) groups is 1. The lowest BCUT2D eigenvalue weighted by Crippen LogP contribution is -2.43. The quantitative estimate of drug-likeness (QED) is 0.777. The fourth-order valence-corrected chi connectivity index (χ4v) is 3.36. The lowest BCUT2D eigenvalue weighted by Gasteiger charge is -2.33. The number of piperidine rings is 1. The number of halogens is 3. The number of aromatic nitrogens is 1. The molecule has 1 N–H and O–H groups in total. The number of nitrogens with one attached hydrogen (secondary N) is 1. The molecule has 144 valence electrons. The summed E-state index contributed by atoms with van der Waals surface area (Å²) in [6, 6.07) is 7.76. The molecule has 0 spiro atoms. The Hall–Kier alpha value is -2.05. The summed E-state index contributed by atoms with van der Waals surface area (Å²) in [5.74, 6) is -0.916. The fourth-order valence-electron chi connectivity index (χ4n) is 3.18. The molecular weight excluding hydrogens is 372 g/mol. The maximum atomic E-state index is 14.5. The first kappa shape index (κ1) is 19.7. The Morgan fingerprint density at radius 3 is 2.70 bits per heavy atom. The van der Waals surface area contributed by atoms with Crippen LogP contribution in [0.25, 0.3) is 0 Å². The molecule has 1 fully saturated rings. The lowest BCUT2D eigenvalue weighted by atomic mass is 9.95. The van der Waals surface area contributed by atoms with Crippen molar-refractivity contribution in [3.8, 4) is 0 Å². The second-order valence-electron chi connectivity index (χ2n) is 6.87. The number of amides is 1. The van der Waals surface area contributed by atoms with Crippen molar-refractivity contribution >= 4 is 17.5 Å². The highest BCUT2D eigenvalue weighted by molar-refractivity contribution is 6.31. The van der Waals surface area contributed by atoms with E-state index >= 15 is 0 Å². The molecule has 27 heavy (non-hydrogen) atoms. The molecule has 1 unspecified atom stereocenters. The lowest BCUT2D eigenvalue weighted by molar-refractivity contribution is 0.0596. The molecule has 2 aromatic rings. The van der Waals surface area contributed by atoms with E-state index in [1.807, 2.05) is 19.1 Å². The summed E-state index contributed by atoms with van der Waals surface area (Å²) < 4.78 is 27.7. The first-order chi connectivity index (χ1) is 12.9. The van der Waals surface area contributed by atoms with E-state index in [9.17, 15) is 13.6 Å². The molecule has 7 heteroatoms. The van der Waals surface area contributed by atoms with Crippen LogP contribution in [0.15, 0.2) is 36.5 Å². The Kier molecular flexibility index (Phi) is 6.39. The van der Waals surface area contributed by atoms with E-state index in [-0.39, 0.29) is 16.8 Å². The SMILES string of the molecule is Cc1ccc(CNC(F)C2CCN(C(=O)c3ccc(F)c(Cl)c3)CC2)nc1. The molecule has 0 bridgehead atoms. The molecule has 4 nitrogen and oxygen atoms in total. The van der Waals surface area contributed by atoms with Crippen molar-refractivity contribution in [2.75, 3.05) is 13.1 Å². The zero-order chi connectivity index (χ0) is 19.4. The molecule has 0 aliphatic carbocycles. The fraction of sp³-hybridized carbons (Fsp3) is 0.400. The van der Waals surface area contributed by atoms with Crippen LogP contribution in [0.1, 0.15) is 34.5 Å². The average Bonchev–Trinajstić information content (AvgIpc) is 2.69. The largest absolute Gasteiger partial charge is 0.339 e. The third-order valence-corrected chi connectivity index (χ3v) is 5.15. The Labute approximate surface area is 162 Å². The predicted octanol–water partition coefficient (Wildman–Crippen LogP) is 4.12. The van der Waals surface area contributed by atoms with E-state index in [2.05, 4.69) is 10.3 Å². The van der Waals surface area contributed by atoms with Crippen molar-refractivity contribution in [3.05, 3.63) is 64.2 Å². The van der Waals surface area contributed by atoms with Gasteiger partial charge in [-0.1, -0.05) is 17.7 Å². The van der Waals surface area contributed by atoms with Gasteiger partial charge in [-0.3, -0.25) is 15.1 Å². The highest BCUT2D eigenvalue weighted by Gasteiger charge is 2.29. The molecular formula is C20H22ClF2N3O. The number of aryl methyl sites for hydroxylation is 1. The van der Waals surface area contributed by atoms with Crippen LogP contribution >= 0.6 is 11.6 Å². The molecule has 1 aliphatic rings. The second kappa shape index (κ2) is 8.76. The van der Waals surface area contributed by atoms with Crippen LogP contribution in [0, 0.1) is 18.7 Å². The van der Waals surface area contributed by atoms with Gasteiger partial charge in [0, 0.05) is 37.3 Å². The Bertz CT molecular complexity index is 792. The molecule has 3 rings (SSSR count). The molecule has 2 heterocycles. The number of hydrogen-bond acceptors (Lipinski definition) is 3. The maximum Gasteiger partial charge on any atom is 0.253 e. The average molecular weight is 394 g/mol. The van der Waals surface area contributed by atoms with Gasteiger partial charge in [-0.2, -0.15) is 0 Å². The smallest absolute Gasteiger partial charge is 0.253 e. The van der Waals surface area contributed by atoms with E-state index in [0.717, 1.165) is 11.3 Å². The number of benzene rings is 1. The minimum absolute atomic E-state index is 0.0755. The first-order valence-corrected chi connectivity index (χ1v) is 9.35. The van der Waals surface area contributed by atoms with E-state index in [4.69, 9.17) is 11.6 Å². The summed E-state index contributed by atoms with van der Waals surface area (Å²) in [7, 11) is 0. The summed E-state index contributed by atoms with van der Waals surface area (Å²) in [5, 5.41) is 2.81. The maximum absolute atomic E-state index is 14.5. The predicted molar refractivity (Wildman–Crippen MR) is 101 cm³/mol. The molecule has 1 saturated heterocycles. The minimum atomic E-state index is -1.15. The molecule has 1 amide bonds. The number of pyridine rings is 1. The van der Waals surface area contributed by atoms with Crippen LogP contribution in [0.5, 0.6) is 0 Å². The number of likely N-dealkylation sites (tertiary alicyclic amines) is 1. The van der Waals surface area contributed by atoms with Gasteiger partial charge in [-0.05, 0) is 49.6 Å². The van der Waals surface area contributed by atoms with E-state index in [0.29, 0.717) is 38.0 Å². The highest BCUT2D eigenvalue weighted by atomic mass is 35.5. The van der Waals surface area contributed by atoms with E-state index in [1.165, 1.54) is 18.2 Å². The topological polar surface area (TPSA) is 45.2 Å². The van der Waals surface area contributed by atoms with Crippen LogP contribution in [0.3, 0.4) is 0 Å². The monoisotopic (exact) mass is 393 g/mol. The number of carbonyl (C=O) groups excluding carboxylic acids is 1. The summed E-state index contributed by atoms with van der Waals surface area (Å²) in [4.78, 5) is 18.4. The molecule has 0 radical (unpaired) electrons. The van der Waals surface area contributed by atoms with Crippen LogP contribution in [0.4, 0.5) is 8.78 Å². The molecule has 1 aromatic heterocycles. The van der Waals surface area contributed by atoms with Gasteiger partial charge in [-0.15, -0.1) is 0 Å². The van der Waals surface area contributed by atoms with Crippen LogP contribution in [-0.4, -0.2) is 35.2 Å². The van der Waals surface area contributed by atoms with Crippen LogP contribution in [0.2, 0.25) is 5.02 Å². The van der Waals surface area contributed by atoms with Gasteiger partial charge in [0.2, 0.25) is 0 Å². The zero-order valence-corrected chi connectivity index (χ0v) is 15.8. The standard InChI is InChI=1S/C20H22ClF2N3O/c1-13-2-4-16(24-11-13)12-25-19(23)14-6-8-26(9-7-14)20(27)15-3-5-18(22)17(21)10-15/h2-5,10-11,14,19,25H,6-9,12H2,1H3. The molecule has 1 aliphatic heterocycles. The Morgan fingerprint density at radius 2 is 2.07 bits per heavy atom. The number of hydrogen-bond donors (Lipinski definition) is 1. The van der Waals surface area contributed by atoms with Crippen LogP contribution in [-0.2, 0) is 6.54 Å². The summed E-state index contributed by atoms with van der Waals surface area (Å²) in [6.45, 7) is 3.25. The Morgan fingerprint density at radius 1 is 1.33 bits per heavy atom. The molecule has 1 aromatic carbocycles. The van der Waals surface area contributed by atoms with Gasteiger partial charge in [0.1, 0.15) is 5.82 Å². The minimum Gasteiger partial charge on any atom is -0.339 e. The van der Waals surface area contributed by atoms with Gasteiger partial charge >= 0.3 is 0 Å². The first-order valence-electron chi connectivity index (χ1n) is 8.97. The molecule has 0 saturated carbocycles. The summed E-state index contributed by atoms with van der Waals surface area (Å²) in [6.07, 6.45) is 1.74. The van der Waals surface area contributed by atoms with Gasteiger partial charge in [-0.25, -0.2) is 8.78 Å². The van der Waals surface area contributed by atoms with Crippen molar-refractivity contribution in [1.29, 1.82) is 0 Å². The van der Waals surface area contributed by atoms with Crippen LogP contribution < -0.4 is 5.32 Å². The van der Waals surface area contributed by atoms with Crippen molar-refractivity contribution in [3.63, 3.8) is 0 Å². The summed E-state index contributed by atoms with van der Waals surface area (Å²) >= 11 is 5.75. The van der Waals surface area contributed by atoms with Gasteiger partial charge in [0.25, 0.3) is 5.91 Å². The zero-order valence-electron chi connectivity index (χ0n) is 15.1. The summed E-state index contributed by atoms with van der Waals surface area (Å²) in [5.41, 5.74) is 2.21. The number of alkyl halides is 1. The van der Waals surface area contributed by atoms with Crippen molar-refractivity contribution < 1.29 is 13.6 Å². The highest BCUT2D eigenvalue weighted by Crippen LogP contribution is 2.24. The van der Waals surface area contributed by atoms with Gasteiger partial charge in [0.05, 0.1) is 10.7 Å². The second-order valence-corrected chi connectivity index (χ2v) is 7.28. The normalized spacial score (nSPS) is 16.4.